The molecule has 1 aliphatic heterocycles. The van der Waals surface area contributed by atoms with E-state index in [9.17, 15) is 8.78 Å². The van der Waals surface area contributed by atoms with E-state index in [4.69, 9.17) is 0 Å². The number of halogens is 2. The molecule has 2 atom stereocenters. The summed E-state index contributed by atoms with van der Waals surface area (Å²) in [5, 5.41) is 18.2. The fourth-order valence-electron chi connectivity index (χ4n) is 4.29. The standard InChI is InChI=1S/C22H25F2N9/c1-12-4-5-13(10-25-12)27-21-26-11-16(22(2,23)24)19(29-21)15-7-8-17-14(15)6-9-18(28-17)20-30-31-32-33(20)3/h6-7,9,11-13,25H,4-5,8,10H2,1-3H3,(H,26,27,29)/t12-,13-/m1/s1. The van der Waals surface area contributed by atoms with Crippen molar-refractivity contribution in [2.24, 2.45) is 7.05 Å². The van der Waals surface area contributed by atoms with Crippen molar-refractivity contribution in [2.45, 2.75) is 51.1 Å². The molecule has 2 aliphatic rings. The summed E-state index contributed by atoms with van der Waals surface area (Å²) in [6.07, 6.45) is 5.63. The smallest absolute Gasteiger partial charge is 0.274 e. The fraction of sp³-hybridized carbons (Fsp3) is 0.455. The molecule has 3 aromatic rings. The van der Waals surface area contributed by atoms with Crippen LogP contribution in [-0.2, 0) is 19.4 Å². The Balaban J connectivity index is 1.49. The van der Waals surface area contributed by atoms with Crippen LogP contribution in [0.15, 0.2) is 24.4 Å². The lowest BCUT2D eigenvalue weighted by Crippen LogP contribution is -2.43. The number of allylic oxidation sites excluding steroid dienone is 1. The molecule has 1 fully saturated rings. The molecule has 0 saturated carbocycles. The number of rotatable bonds is 5. The molecule has 1 saturated heterocycles. The molecule has 0 radical (unpaired) electrons. The maximum Gasteiger partial charge on any atom is 0.274 e. The lowest BCUT2D eigenvalue weighted by Gasteiger charge is -2.28. The van der Waals surface area contributed by atoms with Crippen molar-refractivity contribution in [1.29, 1.82) is 0 Å². The van der Waals surface area contributed by atoms with Gasteiger partial charge in [-0.3, -0.25) is 0 Å². The SMILES string of the molecule is C[C@@H]1CC[C@@H](Nc2ncc(C(C)(F)F)c(C3=CCc4nc(-c5nnnn5C)ccc43)n2)CN1. The number of alkyl halides is 2. The Morgan fingerprint density at radius 1 is 1.21 bits per heavy atom. The normalized spacial score (nSPS) is 20.5. The van der Waals surface area contributed by atoms with E-state index >= 15 is 0 Å². The fourth-order valence-corrected chi connectivity index (χ4v) is 4.29. The second-order valence-electron chi connectivity index (χ2n) is 8.71. The first kappa shape index (κ1) is 21.5. The first-order valence-electron chi connectivity index (χ1n) is 11.0. The maximum atomic E-state index is 14.5. The van der Waals surface area contributed by atoms with Gasteiger partial charge in [-0.25, -0.2) is 28.4 Å². The van der Waals surface area contributed by atoms with Crippen LogP contribution >= 0.6 is 0 Å². The van der Waals surface area contributed by atoms with Crippen molar-refractivity contribution in [3.05, 3.63) is 46.9 Å². The maximum absolute atomic E-state index is 14.5. The zero-order chi connectivity index (χ0) is 23.2. The summed E-state index contributed by atoms with van der Waals surface area (Å²) in [4.78, 5) is 13.4. The number of piperidine rings is 1. The average Bonchev–Trinajstić information content (AvgIpc) is 3.40. The van der Waals surface area contributed by atoms with Gasteiger partial charge in [0.15, 0.2) is 5.82 Å². The van der Waals surface area contributed by atoms with E-state index in [0.29, 0.717) is 35.5 Å². The van der Waals surface area contributed by atoms with Crippen LogP contribution in [0.2, 0.25) is 0 Å². The van der Waals surface area contributed by atoms with Gasteiger partial charge >= 0.3 is 0 Å². The molecule has 0 aromatic carbocycles. The summed E-state index contributed by atoms with van der Waals surface area (Å²) < 4.78 is 30.5. The Bertz CT molecular complexity index is 1210. The highest BCUT2D eigenvalue weighted by atomic mass is 19.3. The highest BCUT2D eigenvalue weighted by molar-refractivity contribution is 5.84. The van der Waals surface area contributed by atoms with Crippen molar-refractivity contribution < 1.29 is 8.78 Å². The van der Waals surface area contributed by atoms with Gasteiger partial charge in [0.2, 0.25) is 5.95 Å². The largest absolute Gasteiger partial charge is 0.350 e. The van der Waals surface area contributed by atoms with Gasteiger partial charge in [-0.2, -0.15) is 0 Å². The number of hydrogen-bond acceptors (Lipinski definition) is 8. The molecule has 33 heavy (non-hydrogen) atoms. The molecule has 9 nitrogen and oxygen atoms in total. The van der Waals surface area contributed by atoms with E-state index in [1.165, 1.54) is 10.9 Å². The summed E-state index contributed by atoms with van der Waals surface area (Å²) in [6.45, 7) is 3.79. The number of tetrazole rings is 1. The molecule has 0 bridgehead atoms. The van der Waals surface area contributed by atoms with Crippen molar-refractivity contribution in [1.82, 2.24) is 40.5 Å². The molecule has 5 rings (SSSR count). The van der Waals surface area contributed by atoms with Crippen LogP contribution in [0.3, 0.4) is 0 Å². The molecule has 4 heterocycles. The zero-order valence-electron chi connectivity index (χ0n) is 18.7. The second kappa shape index (κ2) is 8.22. The molecular formula is C22H25F2N9. The predicted octanol–water partition coefficient (Wildman–Crippen LogP) is 2.71. The van der Waals surface area contributed by atoms with Gasteiger partial charge < -0.3 is 10.6 Å². The quantitative estimate of drug-likeness (QED) is 0.608. The molecule has 2 N–H and O–H groups in total. The van der Waals surface area contributed by atoms with Crippen LogP contribution in [0.1, 0.15) is 49.2 Å². The van der Waals surface area contributed by atoms with E-state index in [1.54, 1.807) is 13.1 Å². The molecule has 3 aromatic heterocycles. The van der Waals surface area contributed by atoms with Crippen LogP contribution < -0.4 is 10.6 Å². The topological polar surface area (TPSA) is 106 Å². The lowest BCUT2D eigenvalue weighted by atomic mass is 9.99. The number of aromatic nitrogens is 7. The van der Waals surface area contributed by atoms with Gasteiger partial charge in [0.25, 0.3) is 5.92 Å². The van der Waals surface area contributed by atoms with Crippen molar-refractivity contribution >= 4 is 11.5 Å². The second-order valence-corrected chi connectivity index (χ2v) is 8.71. The minimum Gasteiger partial charge on any atom is -0.350 e. The number of nitrogens with one attached hydrogen (secondary N) is 2. The summed E-state index contributed by atoms with van der Waals surface area (Å²) >= 11 is 0. The number of aryl methyl sites for hydroxylation is 1. The van der Waals surface area contributed by atoms with Crippen molar-refractivity contribution in [2.75, 3.05) is 11.9 Å². The minimum atomic E-state index is -3.09. The molecule has 0 amide bonds. The van der Waals surface area contributed by atoms with Gasteiger partial charge in [0, 0.05) is 56.4 Å². The molecule has 172 valence electrons. The minimum absolute atomic E-state index is 0.149. The van der Waals surface area contributed by atoms with Crippen LogP contribution in [0.5, 0.6) is 0 Å². The average molecular weight is 454 g/mol. The molecule has 0 spiro atoms. The zero-order valence-corrected chi connectivity index (χ0v) is 18.7. The predicted molar refractivity (Wildman–Crippen MR) is 119 cm³/mol. The third-order valence-electron chi connectivity index (χ3n) is 6.12. The Morgan fingerprint density at radius 2 is 2.06 bits per heavy atom. The Labute approximate surface area is 189 Å². The van der Waals surface area contributed by atoms with Crippen LogP contribution in [0, 0.1) is 0 Å². The number of fused-ring (bicyclic) bond motifs is 1. The van der Waals surface area contributed by atoms with Gasteiger partial charge in [-0.15, -0.1) is 5.10 Å². The third kappa shape index (κ3) is 4.20. The van der Waals surface area contributed by atoms with E-state index in [2.05, 4.69) is 48.0 Å². The number of pyridine rings is 1. The monoisotopic (exact) mass is 453 g/mol. The van der Waals surface area contributed by atoms with E-state index < -0.39 is 5.92 Å². The molecule has 11 heteroatoms. The van der Waals surface area contributed by atoms with E-state index in [1.807, 2.05) is 12.1 Å². The number of anilines is 1. The number of nitrogens with zero attached hydrogens (tertiary/aromatic N) is 7. The third-order valence-corrected chi connectivity index (χ3v) is 6.12. The summed E-state index contributed by atoms with van der Waals surface area (Å²) in [5.41, 5.74) is 2.83. The van der Waals surface area contributed by atoms with Crippen LogP contribution in [0.4, 0.5) is 14.7 Å². The highest BCUT2D eigenvalue weighted by Gasteiger charge is 2.33. The van der Waals surface area contributed by atoms with Gasteiger partial charge in [0.1, 0.15) is 5.69 Å². The van der Waals surface area contributed by atoms with E-state index in [-0.39, 0.29) is 17.3 Å². The van der Waals surface area contributed by atoms with Crippen molar-refractivity contribution in [3.8, 4) is 11.5 Å². The van der Waals surface area contributed by atoms with Gasteiger partial charge in [0.05, 0.1) is 17.0 Å². The first-order valence-corrected chi connectivity index (χ1v) is 11.0. The lowest BCUT2D eigenvalue weighted by molar-refractivity contribution is 0.0165. The van der Waals surface area contributed by atoms with Crippen molar-refractivity contribution in [3.63, 3.8) is 0 Å². The van der Waals surface area contributed by atoms with Crippen LogP contribution in [-0.4, -0.2) is 53.8 Å². The Hall–Kier alpha value is -3.34. The van der Waals surface area contributed by atoms with Gasteiger partial charge in [-0.1, -0.05) is 12.1 Å². The number of hydrogen-bond donors (Lipinski definition) is 2. The molecular weight excluding hydrogens is 428 g/mol. The first-order chi connectivity index (χ1) is 15.8. The van der Waals surface area contributed by atoms with Gasteiger partial charge in [-0.05, 0) is 36.3 Å². The Morgan fingerprint density at radius 3 is 2.76 bits per heavy atom. The summed E-state index contributed by atoms with van der Waals surface area (Å²) in [6, 6.07) is 4.28. The summed E-state index contributed by atoms with van der Waals surface area (Å²) in [5.74, 6) is -2.20. The van der Waals surface area contributed by atoms with Crippen LogP contribution in [0.25, 0.3) is 17.1 Å². The molecule has 1 aliphatic carbocycles. The highest BCUT2D eigenvalue weighted by Crippen LogP contribution is 2.38. The van der Waals surface area contributed by atoms with E-state index in [0.717, 1.165) is 37.6 Å². The molecule has 0 unspecified atom stereocenters. The Kier molecular flexibility index (Phi) is 5.35. The summed E-state index contributed by atoms with van der Waals surface area (Å²) in [7, 11) is 1.74.